The van der Waals surface area contributed by atoms with Crippen molar-refractivity contribution in [3.05, 3.63) is 23.9 Å². The maximum absolute atomic E-state index is 12.3. The molecule has 0 saturated carbocycles. The molecule has 0 fully saturated rings. The van der Waals surface area contributed by atoms with Crippen molar-refractivity contribution in [3.8, 4) is 0 Å². The van der Waals surface area contributed by atoms with Gasteiger partial charge in [0, 0.05) is 6.20 Å². The van der Waals surface area contributed by atoms with Crippen molar-refractivity contribution in [2.24, 2.45) is 5.92 Å². The lowest BCUT2D eigenvalue weighted by Gasteiger charge is -2.23. The van der Waals surface area contributed by atoms with Crippen molar-refractivity contribution in [2.45, 2.75) is 65.6 Å². The SMILES string of the molecule is CC(C)(C)OC(=O)Nc1cc(CC(CC(=O)O)C(=O)OC(C)(C)C)ccn1. The van der Waals surface area contributed by atoms with E-state index in [0.717, 1.165) is 0 Å². The first-order valence-electron chi connectivity index (χ1n) is 8.65. The van der Waals surface area contributed by atoms with Crippen LogP contribution in [0.3, 0.4) is 0 Å². The van der Waals surface area contributed by atoms with E-state index in [1.165, 1.54) is 6.20 Å². The predicted molar refractivity (Wildman–Crippen MR) is 99.4 cm³/mol. The Morgan fingerprint density at radius 1 is 1.11 bits per heavy atom. The molecule has 1 aromatic rings. The van der Waals surface area contributed by atoms with Crippen LogP contribution in [0.5, 0.6) is 0 Å². The Balaban J connectivity index is 2.88. The maximum Gasteiger partial charge on any atom is 0.413 e. The van der Waals surface area contributed by atoms with Crippen molar-refractivity contribution >= 4 is 23.8 Å². The number of pyridine rings is 1. The summed E-state index contributed by atoms with van der Waals surface area (Å²) in [6.45, 7) is 10.4. The number of rotatable bonds is 6. The second-order valence-electron chi connectivity index (χ2n) is 8.21. The molecule has 1 aromatic heterocycles. The molecule has 1 rings (SSSR count). The third-order valence-electron chi connectivity index (χ3n) is 3.10. The normalized spacial score (nSPS) is 12.8. The van der Waals surface area contributed by atoms with E-state index < -0.39 is 35.2 Å². The summed E-state index contributed by atoms with van der Waals surface area (Å²) in [6, 6.07) is 3.22. The lowest BCUT2D eigenvalue weighted by atomic mass is 9.96. The third-order valence-corrected chi connectivity index (χ3v) is 3.10. The Morgan fingerprint density at radius 2 is 1.70 bits per heavy atom. The van der Waals surface area contributed by atoms with Gasteiger partial charge in [-0.25, -0.2) is 9.78 Å². The zero-order chi connectivity index (χ0) is 20.8. The highest BCUT2D eigenvalue weighted by Gasteiger charge is 2.27. The number of carbonyl (C=O) groups excluding carboxylic acids is 2. The number of hydrogen-bond donors (Lipinski definition) is 2. The van der Waals surface area contributed by atoms with Crippen LogP contribution in [0.1, 0.15) is 53.5 Å². The van der Waals surface area contributed by atoms with E-state index in [4.69, 9.17) is 14.6 Å². The zero-order valence-electron chi connectivity index (χ0n) is 16.7. The molecule has 27 heavy (non-hydrogen) atoms. The number of carboxylic acids is 1. The van der Waals surface area contributed by atoms with Crippen molar-refractivity contribution in [1.82, 2.24) is 4.98 Å². The number of aliphatic carboxylic acids is 1. The monoisotopic (exact) mass is 380 g/mol. The molecule has 0 aliphatic carbocycles. The summed E-state index contributed by atoms with van der Waals surface area (Å²) in [5.41, 5.74) is -0.714. The van der Waals surface area contributed by atoms with Crippen molar-refractivity contribution in [2.75, 3.05) is 5.32 Å². The van der Waals surface area contributed by atoms with Crippen LogP contribution in [0.15, 0.2) is 18.3 Å². The minimum absolute atomic E-state index is 0.146. The lowest BCUT2D eigenvalue weighted by molar-refractivity contribution is -0.162. The number of carbonyl (C=O) groups is 3. The topological polar surface area (TPSA) is 115 Å². The molecule has 0 aliphatic rings. The number of esters is 1. The summed E-state index contributed by atoms with van der Waals surface area (Å²) in [5.74, 6) is -2.27. The van der Waals surface area contributed by atoms with Gasteiger partial charge in [-0.3, -0.25) is 14.9 Å². The first-order chi connectivity index (χ1) is 12.2. The van der Waals surface area contributed by atoms with Crippen molar-refractivity contribution < 1.29 is 29.0 Å². The van der Waals surface area contributed by atoms with Crippen LogP contribution in [0, 0.1) is 5.92 Å². The number of nitrogens with one attached hydrogen (secondary N) is 1. The average molecular weight is 380 g/mol. The second kappa shape index (κ2) is 8.83. The Labute approximate surface area is 159 Å². The molecular formula is C19H28N2O6. The summed E-state index contributed by atoms with van der Waals surface area (Å²) < 4.78 is 10.5. The molecular weight excluding hydrogens is 352 g/mol. The average Bonchev–Trinajstić information content (AvgIpc) is 2.42. The van der Waals surface area contributed by atoms with Gasteiger partial charge in [0.15, 0.2) is 0 Å². The molecule has 0 radical (unpaired) electrons. The summed E-state index contributed by atoms with van der Waals surface area (Å²) in [6.07, 6.45) is 0.606. The summed E-state index contributed by atoms with van der Waals surface area (Å²) >= 11 is 0. The quantitative estimate of drug-likeness (QED) is 0.727. The van der Waals surface area contributed by atoms with Crippen LogP contribution in [-0.4, -0.2) is 39.3 Å². The number of aromatic nitrogens is 1. The molecule has 8 heteroatoms. The number of carboxylic acid groups (broad SMARTS) is 1. The van der Waals surface area contributed by atoms with Gasteiger partial charge in [0.25, 0.3) is 0 Å². The molecule has 1 unspecified atom stereocenters. The summed E-state index contributed by atoms with van der Waals surface area (Å²) in [7, 11) is 0. The van der Waals surface area contributed by atoms with Crippen LogP contribution < -0.4 is 5.32 Å². The highest BCUT2D eigenvalue weighted by Crippen LogP contribution is 2.20. The van der Waals surface area contributed by atoms with Gasteiger partial charge in [-0.1, -0.05) is 0 Å². The maximum atomic E-state index is 12.3. The highest BCUT2D eigenvalue weighted by molar-refractivity contribution is 5.83. The minimum atomic E-state index is -1.09. The Hall–Kier alpha value is -2.64. The predicted octanol–water partition coefficient (Wildman–Crippen LogP) is 3.40. The van der Waals surface area contributed by atoms with Gasteiger partial charge in [0.2, 0.25) is 0 Å². The first kappa shape index (κ1) is 22.4. The number of anilines is 1. The Kier molecular flexibility index (Phi) is 7.33. The zero-order valence-corrected chi connectivity index (χ0v) is 16.7. The van der Waals surface area contributed by atoms with Crippen LogP contribution in [-0.2, 0) is 25.5 Å². The molecule has 8 nitrogen and oxygen atoms in total. The molecule has 0 bridgehead atoms. The Morgan fingerprint density at radius 3 is 2.22 bits per heavy atom. The summed E-state index contributed by atoms with van der Waals surface area (Å²) in [4.78, 5) is 39.3. The van der Waals surface area contributed by atoms with Crippen LogP contribution in [0.2, 0.25) is 0 Å². The van der Waals surface area contributed by atoms with Gasteiger partial charge in [-0.15, -0.1) is 0 Å². The standard InChI is InChI=1S/C19H28N2O6/c1-18(2,3)26-16(24)13(11-15(22)23)9-12-7-8-20-14(10-12)21-17(25)27-19(4,5)6/h7-8,10,13H,9,11H2,1-6H3,(H,22,23)(H,20,21,25). The van der Waals surface area contributed by atoms with E-state index in [2.05, 4.69) is 10.3 Å². The number of amides is 1. The fourth-order valence-electron chi connectivity index (χ4n) is 2.20. The van der Waals surface area contributed by atoms with E-state index in [0.29, 0.717) is 5.56 Å². The fraction of sp³-hybridized carbons (Fsp3) is 0.579. The molecule has 1 amide bonds. The van der Waals surface area contributed by atoms with Crippen LogP contribution >= 0.6 is 0 Å². The highest BCUT2D eigenvalue weighted by atomic mass is 16.6. The minimum Gasteiger partial charge on any atom is -0.481 e. The fourth-order valence-corrected chi connectivity index (χ4v) is 2.20. The molecule has 1 heterocycles. The molecule has 0 aliphatic heterocycles. The molecule has 150 valence electrons. The second-order valence-corrected chi connectivity index (χ2v) is 8.21. The van der Waals surface area contributed by atoms with E-state index in [1.807, 2.05) is 0 Å². The van der Waals surface area contributed by atoms with E-state index in [9.17, 15) is 14.4 Å². The van der Waals surface area contributed by atoms with E-state index in [-0.39, 0.29) is 18.7 Å². The van der Waals surface area contributed by atoms with Gasteiger partial charge in [-0.2, -0.15) is 0 Å². The third kappa shape index (κ3) is 9.58. The van der Waals surface area contributed by atoms with E-state index >= 15 is 0 Å². The molecule has 0 aromatic carbocycles. The number of nitrogens with zero attached hydrogens (tertiary/aromatic N) is 1. The van der Waals surface area contributed by atoms with Crippen LogP contribution in [0.4, 0.5) is 10.6 Å². The van der Waals surface area contributed by atoms with Gasteiger partial charge in [-0.05, 0) is 65.7 Å². The molecule has 0 saturated heterocycles. The summed E-state index contributed by atoms with van der Waals surface area (Å²) in [5, 5.41) is 11.6. The van der Waals surface area contributed by atoms with Crippen molar-refractivity contribution in [3.63, 3.8) is 0 Å². The van der Waals surface area contributed by atoms with Gasteiger partial charge in [0.1, 0.15) is 17.0 Å². The van der Waals surface area contributed by atoms with Crippen LogP contribution in [0.25, 0.3) is 0 Å². The molecule has 2 N–H and O–H groups in total. The molecule has 1 atom stereocenters. The molecule has 0 spiro atoms. The smallest absolute Gasteiger partial charge is 0.413 e. The van der Waals surface area contributed by atoms with Gasteiger partial charge in [0.05, 0.1) is 12.3 Å². The van der Waals surface area contributed by atoms with E-state index in [1.54, 1.807) is 53.7 Å². The largest absolute Gasteiger partial charge is 0.481 e. The van der Waals surface area contributed by atoms with Crippen molar-refractivity contribution in [1.29, 1.82) is 0 Å². The Bertz CT molecular complexity index is 688. The number of hydrogen-bond acceptors (Lipinski definition) is 6. The van der Waals surface area contributed by atoms with Gasteiger partial charge >= 0.3 is 18.0 Å². The van der Waals surface area contributed by atoms with Gasteiger partial charge < -0.3 is 14.6 Å². The lowest BCUT2D eigenvalue weighted by Crippen LogP contribution is -2.31. The first-order valence-corrected chi connectivity index (χ1v) is 8.65. The number of ether oxygens (including phenoxy) is 2.